The summed E-state index contributed by atoms with van der Waals surface area (Å²) in [5.74, 6) is 1.16. The molecule has 1 heterocycles. The molecule has 1 aromatic heterocycles. The maximum Gasteiger partial charge on any atom is 0.230 e. The number of rotatable bonds is 7. The van der Waals surface area contributed by atoms with Crippen molar-refractivity contribution in [3.63, 3.8) is 0 Å². The fraction of sp³-hybridized carbons (Fsp3) is 0.200. The SMILES string of the molecule is COc1ccc(Cl)cc1NC(=O)Cc1csc(COc2ccc(C)cc2)n1. The number of nitrogens with zero attached hydrogens (tertiary/aromatic N) is 1. The van der Waals surface area contributed by atoms with Crippen LogP contribution in [0.15, 0.2) is 47.8 Å². The number of thiazole rings is 1. The van der Waals surface area contributed by atoms with Crippen LogP contribution in [0.2, 0.25) is 5.02 Å². The van der Waals surface area contributed by atoms with E-state index >= 15 is 0 Å². The van der Waals surface area contributed by atoms with Crippen molar-refractivity contribution in [1.29, 1.82) is 0 Å². The minimum Gasteiger partial charge on any atom is -0.495 e. The molecule has 140 valence electrons. The van der Waals surface area contributed by atoms with Crippen LogP contribution >= 0.6 is 22.9 Å². The molecular formula is C20H19ClN2O3S. The van der Waals surface area contributed by atoms with E-state index in [1.165, 1.54) is 16.9 Å². The Kier molecular flexibility index (Phi) is 6.32. The first-order chi connectivity index (χ1) is 13.0. The number of benzene rings is 2. The summed E-state index contributed by atoms with van der Waals surface area (Å²) in [5.41, 5.74) is 2.41. The van der Waals surface area contributed by atoms with Crippen molar-refractivity contribution < 1.29 is 14.3 Å². The first kappa shape index (κ1) is 19.2. The van der Waals surface area contributed by atoms with Gasteiger partial charge in [-0.25, -0.2) is 4.98 Å². The highest BCUT2D eigenvalue weighted by Gasteiger charge is 2.11. The topological polar surface area (TPSA) is 60.5 Å². The van der Waals surface area contributed by atoms with Gasteiger partial charge in [0.25, 0.3) is 0 Å². The molecule has 0 radical (unpaired) electrons. The molecule has 1 N–H and O–H groups in total. The Morgan fingerprint density at radius 1 is 1.22 bits per heavy atom. The molecule has 5 nitrogen and oxygen atoms in total. The van der Waals surface area contributed by atoms with Crippen molar-refractivity contribution in [2.75, 3.05) is 12.4 Å². The van der Waals surface area contributed by atoms with E-state index in [-0.39, 0.29) is 12.3 Å². The van der Waals surface area contributed by atoms with E-state index in [0.717, 1.165) is 10.8 Å². The molecule has 0 aliphatic carbocycles. The minimum absolute atomic E-state index is 0.163. The van der Waals surface area contributed by atoms with Gasteiger partial charge in [0, 0.05) is 10.4 Å². The van der Waals surface area contributed by atoms with E-state index in [1.807, 2.05) is 36.6 Å². The number of carbonyl (C=O) groups is 1. The van der Waals surface area contributed by atoms with E-state index in [4.69, 9.17) is 21.1 Å². The first-order valence-corrected chi connectivity index (χ1v) is 9.55. The Bertz CT molecular complexity index is 925. The second kappa shape index (κ2) is 8.88. The van der Waals surface area contributed by atoms with Gasteiger partial charge >= 0.3 is 0 Å². The first-order valence-electron chi connectivity index (χ1n) is 8.29. The number of anilines is 1. The molecule has 1 amide bonds. The molecule has 3 aromatic rings. The second-order valence-electron chi connectivity index (χ2n) is 5.90. The van der Waals surface area contributed by atoms with Crippen LogP contribution in [0.5, 0.6) is 11.5 Å². The number of ether oxygens (including phenoxy) is 2. The van der Waals surface area contributed by atoms with Gasteiger partial charge in [-0.1, -0.05) is 29.3 Å². The third-order valence-corrected chi connectivity index (χ3v) is 4.87. The molecular weight excluding hydrogens is 384 g/mol. The zero-order chi connectivity index (χ0) is 19.2. The number of amides is 1. The number of carbonyl (C=O) groups excluding carboxylic acids is 1. The number of aryl methyl sites for hydroxylation is 1. The highest BCUT2D eigenvalue weighted by molar-refractivity contribution is 7.09. The number of methoxy groups -OCH3 is 1. The van der Waals surface area contributed by atoms with Gasteiger partial charge in [-0.05, 0) is 37.3 Å². The summed E-state index contributed by atoms with van der Waals surface area (Å²) in [6.45, 7) is 2.40. The third-order valence-electron chi connectivity index (χ3n) is 3.76. The highest BCUT2D eigenvalue weighted by atomic mass is 35.5. The minimum atomic E-state index is -0.188. The zero-order valence-corrected chi connectivity index (χ0v) is 16.6. The Labute approximate surface area is 166 Å². The van der Waals surface area contributed by atoms with E-state index in [9.17, 15) is 4.79 Å². The standard InChI is InChI=1S/C20H19ClN2O3S/c1-13-3-6-16(7-4-13)26-11-20-22-15(12-27-20)10-19(24)23-17-9-14(21)5-8-18(17)25-2/h3-9,12H,10-11H2,1-2H3,(H,23,24). The predicted molar refractivity (Wildman–Crippen MR) is 108 cm³/mol. The van der Waals surface area contributed by atoms with Crippen molar-refractivity contribution in [2.45, 2.75) is 20.0 Å². The van der Waals surface area contributed by atoms with E-state index in [0.29, 0.717) is 28.8 Å². The molecule has 3 rings (SSSR count). The molecule has 0 unspecified atom stereocenters. The van der Waals surface area contributed by atoms with Crippen LogP contribution in [-0.2, 0) is 17.8 Å². The smallest absolute Gasteiger partial charge is 0.230 e. The molecule has 7 heteroatoms. The summed E-state index contributed by atoms with van der Waals surface area (Å²) in [6.07, 6.45) is 0.163. The monoisotopic (exact) mass is 402 g/mol. The lowest BCUT2D eigenvalue weighted by atomic mass is 10.2. The Balaban J connectivity index is 1.56. The van der Waals surface area contributed by atoms with Crippen LogP contribution in [0.1, 0.15) is 16.3 Å². The number of hydrogen-bond acceptors (Lipinski definition) is 5. The molecule has 0 fully saturated rings. The fourth-order valence-electron chi connectivity index (χ4n) is 2.41. The van der Waals surface area contributed by atoms with Crippen molar-refractivity contribution in [2.24, 2.45) is 0 Å². The average Bonchev–Trinajstić information content (AvgIpc) is 3.08. The van der Waals surface area contributed by atoms with Crippen LogP contribution in [0.4, 0.5) is 5.69 Å². The van der Waals surface area contributed by atoms with Crippen molar-refractivity contribution in [3.8, 4) is 11.5 Å². The van der Waals surface area contributed by atoms with Crippen LogP contribution in [0.25, 0.3) is 0 Å². The molecule has 27 heavy (non-hydrogen) atoms. The summed E-state index contributed by atoms with van der Waals surface area (Å²) < 4.78 is 11.0. The van der Waals surface area contributed by atoms with E-state index in [2.05, 4.69) is 10.3 Å². The number of halogens is 1. The molecule has 0 aliphatic rings. The molecule has 0 saturated heterocycles. The zero-order valence-electron chi connectivity index (χ0n) is 15.0. The van der Waals surface area contributed by atoms with Gasteiger partial charge in [-0.15, -0.1) is 11.3 Å². The lowest BCUT2D eigenvalue weighted by Gasteiger charge is -2.10. The largest absolute Gasteiger partial charge is 0.495 e. The van der Waals surface area contributed by atoms with Gasteiger partial charge < -0.3 is 14.8 Å². The summed E-state index contributed by atoms with van der Waals surface area (Å²) in [6, 6.07) is 12.9. The lowest BCUT2D eigenvalue weighted by molar-refractivity contribution is -0.115. The van der Waals surface area contributed by atoms with Crippen LogP contribution in [0, 0.1) is 6.92 Å². The Morgan fingerprint density at radius 3 is 2.74 bits per heavy atom. The Hall–Kier alpha value is -2.57. The number of nitrogens with one attached hydrogen (secondary N) is 1. The van der Waals surface area contributed by atoms with Crippen molar-refractivity contribution >= 4 is 34.5 Å². The lowest BCUT2D eigenvalue weighted by Crippen LogP contribution is -2.15. The Morgan fingerprint density at radius 2 is 2.00 bits per heavy atom. The summed E-state index contributed by atoms with van der Waals surface area (Å²) in [4.78, 5) is 16.8. The second-order valence-corrected chi connectivity index (χ2v) is 7.28. The summed E-state index contributed by atoms with van der Waals surface area (Å²) >= 11 is 7.45. The molecule has 0 spiro atoms. The molecule has 0 bridgehead atoms. The van der Waals surface area contributed by atoms with Crippen molar-refractivity contribution in [1.82, 2.24) is 4.98 Å². The quantitative estimate of drug-likeness (QED) is 0.612. The van der Waals surface area contributed by atoms with Crippen LogP contribution in [0.3, 0.4) is 0 Å². The van der Waals surface area contributed by atoms with Gasteiger partial charge in [-0.2, -0.15) is 0 Å². The molecule has 0 aliphatic heterocycles. The number of hydrogen-bond donors (Lipinski definition) is 1. The van der Waals surface area contributed by atoms with Crippen molar-refractivity contribution in [3.05, 3.63) is 69.1 Å². The van der Waals surface area contributed by atoms with Gasteiger partial charge in [0.15, 0.2) is 0 Å². The fourth-order valence-corrected chi connectivity index (χ4v) is 3.29. The maximum absolute atomic E-state index is 12.3. The van der Waals surface area contributed by atoms with Gasteiger partial charge in [0.1, 0.15) is 23.1 Å². The average molecular weight is 403 g/mol. The molecule has 0 atom stereocenters. The highest BCUT2D eigenvalue weighted by Crippen LogP contribution is 2.27. The predicted octanol–water partition coefficient (Wildman–Crippen LogP) is 4.87. The van der Waals surface area contributed by atoms with Gasteiger partial charge in [0.2, 0.25) is 5.91 Å². The van der Waals surface area contributed by atoms with Gasteiger partial charge in [0.05, 0.1) is 24.9 Å². The number of aromatic nitrogens is 1. The van der Waals surface area contributed by atoms with Crippen LogP contribution in [-0.4, -0.2) is 18.0 Å². The molecule has 2 aromatic carbocycles. The van der Waals surface area contributed by atoms with Crippen LogP contribution < -0.4 is 14.8 Å². The van der Waals surface area contributed by atoms with E-state index in [1.54, 1.807) is 25.3 Å². The maximum atomic E-state index is 12.3. The summed E-state index contributed by atoms with van der Waals surface area (Å²) in [5, 5.41) is 6.01. The van der Waals surface area contributed by atoms with E-state index < -0.39 is 0 Å². The normalized spacial score (nSPS) is 10.5. The summed E-state index contributed by atoms with van der Waals surface area (Å²) in [7, 11) is 1.54. The molecule has 0 saturated carbocycles. The third kappa shape index (κ3) is 5.45. The van der Waals surface area contributed by atoms with Gasteiger partial charge in [-0.3, -0.25) is 4.79 Å².